The molecule has 0 bridgehead atoms. The lowest BCUT2D eigenvalue weighted by atomic mass is 10.2. The van der Waals surface area contributed by atoms with E-state index in [0.29, 0.717) is 22.3 Å². The monoisotopic (exact) mass is 300 g/mol. The topological polar surface area (TPSA) is 28.7 Å². The van der Waals surface area contributed by atoms with E-state index in [4.69, 9.17) is 23.2 Å². The Morgan fingerprint density at radius 2 is 1.80 bits per heavy atom. The van der Waals surface area contributed by atoms with Crippen molar-refractivity contribution in [1.29, 1.82) is 5.26 Å². The van der Waals surface area contributed by atoms with Gasteiger partial charge in [-0.1, -0.05) is 47.5 Å². The summed E-state index contributed by atoms with van der Waals surface area (Å²) >= 11 is 12.0. The van der Waals surface area contributed by atoms with Crippen LogP contribution < -0.4 is 0 Å². The standard InChI is InChI=1S/C16H10Cl2N2/c17-14-6-5-11(7-15(14)18)10-20-13(9-19)8-12-3-1-2-4-16(12)20/h1-8H,10H2. The first kappa shape index (κ1) is 13.1. The third-order valence-corrected chi connectivity index (χ3v) is 3.99. The summed E-state index contributed by atoms with van der Waals surface area (Å²) in [6.45, 7) is 0.591. The summed E-state index contributed by atoms with van der Waals surface area (Å²) in [4.78, 5) is 0. The van der Waals surface area contributed by atoms with Gasteiger partial charge in [0.1, 0.15) is 11.8 Å². The highest BCUT2D eigenvalue weighted by molar-refractivity contribution is 6.42. The molecule has 1 heterocycles. The van der Waals surface area contributed by atoms with Crippen LogP contribution in [0.3, 0.4) is 0 Å². The van der Waals surface area contributed by atoms with Crippen molar-refractivity contribution < 1.29 is 0 Å². The maximum Gasteiger partial charge on any atom is 0.121 e. The van der Waals surface area contributed by atoms with Gasteiger partial charge in [0.2, 0.25) is 0 Å². The van der Waals surface area contributed by atoms with E-state index >= 15 is 0 Å². The van der Waals surface area contributed by atoms with E-state index in [0.717, 1.165) is 16.5 Å². The number of nitriles is 1. The number of nitrogens with zero attached hydrogens (tertiary/aromatic N) is 2. The van der Waals surface area contributed by atoms with Gasteiger partial charge < -0.3 is 4.57 Å². The van der Waals surface area contributed by atoms with Gasteiger partial charge in [0.05, 0.1) is 10.0 Å². The van der Waals surface area contributed by atoms with Gasteiger partial charge in [-0.2, -0.15) is 5.26 Å². The van der Waals surface area contributed by atoms with E-state index in [1.807, 2.05) is 47.0 Å². The zero-order valence-electron chi connectivity index (χ0n) is 10.5. The number of rotatable bonds is 2. The van der Waals surface area contributed by atoms with Crippen molar-refractivity contribution in [3.63, 3.8) is 0 Å². The fraction of sp³-hybridized carbons (Fsp3) is 0.0625. The summed E-state index contributed by atoms with van der Waals surface area (Å²) in [5.41, 5.74) is 2.68. The number of hydrogen-bond donors (Lipinski definition) is 0. The third-order valence-electron chi connectivity index (χ3n) is 3.25. The van der Waals surface area contributed by atoms with Gasteiger partial charge in [-0.3, -0.25) is 0 Å². The summed E-state index contributed by atoms with van der Waals surface area (Å²) in [5, 5.41) is 11.4. The SMILES string of the molecule is N#Cc1cc2ccccc2n1Cc1ccc(Cl)c(Cl)c1. The number of aromatic nitrogens is 1. The molecule has 1 aromatic heterocycles. The van der Waals surface area contributed by atoms with Crippen molar-refractivity contribution in [2.75, 3.05) is 0 Å². The molecule has 3 aromatic rings. The van der Waals surface area contributed by atoms with Gasteiger partial charge in [0.15, 0.2) is 0 Å². The fourth-order valence-corrected chi connectivity index (χ4v) is 2.61. The Hall–Kier alpha value is -1.95. The highest BCUT2D eigenvalue weighted by atomic mass is 35.5. The molecule has 0 radical (unpaired) electrons. The van der Waals surface area contributed by atoms with Crippen molar-refractivity contribution in [2.45, 2.75) is 6.54 Å². The summed E-state index contributed by atoms with van der Waals surface area (Å²) < 4.78 is 1.98. The Labute approximate surface area is 126 Å². The Balaban J connectivity index is 2.10. The van der Waals surface area contributed by atoms with E-state index in [-0.39, 0.29) is 0 Å². The van der Waals surface area contributed by atoms with Crippen LogP contribution in [0.5, 0.6) is 0 Å². The first-order valence-electron chi connectivity index (χ1n) is 6.11. The van der Waals surface area contributed by atoms with Gasteiger partial charge in [-0.05, 0) is 29.8 Å². The smallest absolute Gasteiger partial charge is 0.121 e. The van der Waals surface area contributed by atoms with Gasteiger partial charge in [0.25, 0.3) is 0 Å². The van der Waals surface area contributed by atoms with Gasteiger partial charge in [0, 0.05) is 17.4 Å². The molecule has 0 spiro atoms. The van der Waals surface area contributed by atoms with Crippen LogP contribution in [-0.2, 0) is 6.54 Å². The van der Waals surface area contributed by atoms with Gasteiger partial charge in [-0.15, -0.1) is 0 Å². The largest absolute Gasteiger partial charge is 0.328 e. The number of hydrogen-bond acceptors (Lipinski definition) is 1. The number of para-hydroxylation sites is 1. The van der Waals surface area contributed by atoms with Crippen molar-refractivity contribution in [2.24, 2.45) is 0 Å². The predicted octanol–water partition coefficient (Wildman–Crippen LogP) is 4.87. The molecule has 98 valence electrons. The molecule has 20 heavy (non-hydrogen) atoms. The quantitative estimate of drug-likeness (QED) is 0.664. The van der Waals surface area contributed by atoms with Crippen molar-refractivity contribution >= 4 is 34.1 Å². The Morgan fingerprint density at radius 3 is 2.55 bits per heavy atom. The summed E-state index contributed by atoms with van der Waals surface area (Å²) in [6, 6.07) is 17.6. The van der Waals surface area contributed by atoms with Crippen LogP contribution in [0.25, 0.3) is 10.9 Å². The molecule has 0 unspecified atom stereocenters. The van der Waals surface area contributed by atoms with Crippen LogP contribution in [0, 0.1) is 11.3 Å². The molecule has 0 saturated heterocycles. The maximum absolute atomic E-state index is 9.28. The second kappa shape index (κ2) is 5.20. The molecule has 3 rings (SSSR count). The zero-order chi connectivity index (χ0) is 14.1. The summed E-state index contributed by atoms with van der Waals surface area (Å²) in [6.07, 6.45) is 0. The average molecular weight is 301 g/mol. The van der Waals surface area contributed by atoms with Crippen LogP contribution in [0.2, 0.25) is 10.0 Å². The molecular weight excluding hydrogens is 291 g/mol. The number of halogens is 2. The minimum Gasteiger partial charge on any atom is -0.328 e. The van der Waals surface area contributed by atoms with E-state index < -0.39 is 0 Å². The van der Waals surface area contributed by atoms with Crippen LogP contribution in [-0.4, -0.2) is 4.57 Å². The lowest BCUT2D eigenvalue weighted by molar-refractivity contribution is 0.823. The van der Waals surface area contributed by atoms with E-state index in [9.17, 15) is 5.26 Å². The molecule has 0 N–H and O–H groups in total. The third kappa shape index (κ3) is 2.27. The minimum atomic E-state index is 0.527. The molecule has 2 aromatic carbocycles. The first-order valence-corrected chi connectivity index (χ1v) is 6.87. The molecule has 2 nitrogen and oxygen atoms in total. The molecule has 0 fully saturated rings. The van der Waals surface area contributed by atoms with Crippen LogP contribution in [0.15, 0.2) is 48.5 Å². The maximum atomic E-state index is 9.28. The van der Waals surface area contributed by atoms with Crippen molar-refractivity contribution in [3.05, 3.63) is 69.8 Å². The average Bonchev–Trinajstić information content (AvgIpc) is 2.81. The van der Waals surface area contributed by atoms with Crippen LogP contribution in [0.1, 0.15) is 11.3 Å². The molecule has 0 aliphatic heterocycles. The van der Waals surface area contributed by atoms with E-state index in [2.05, 4.69) is 6.07 Å². The predicted molar refractivity (Wildman–Crippen MR) is 82.2 cm³/mol. The molecule has 0 atom stereocenters. The first-order chi connectivity index (χ1) is 9.69. The lowest BCUT2D eigenvalue weighted by Gasteiger charge is -2.08. The molecule has 0 aliphatic rings. The lowest BCUT2D eigenvalue weighted by Crippen LogP contribution is -2.01. The number of benzene rings is 2. The highest BCUT2D eigenvalue weighted by Crippen LogP contribution is 2.25. The van der Waals surface area contributed by atoms with E-state index in [1.165, 1.54) is 0 Å². The second-order valence-corrected chi connectivity index (χ2v) is 5.35. The highest BCUT2D eigenvalue weighted by Gasteiger charge is 2.09. The number of fused-ring (bicyclic) bond motifs is 1. The minimum absolute atomic E-state index is 0.527. The second-order valence-electron chi connectivity index (χ2n) is 4.53. The molecule has 0 saturated carbocycles. The zero-order valence-corrected chi connectivity index (χ0v) is 12.0. The molecular formula is C16H10Cl2N2. The normalized spacial score (nSPS) is 10.7. The molecule has 0 aliphatic carbocycles. The van der Waals surface area contributed by atoms with Crippen molar-refractivity contribution in [3.8, 4) is 6.07 Å². The van der Waals surface area contributed by atoms with E-state index in [1.54, 1.807) is 6.07 Å². The molecule has 0 amide bonds. The Kier molecular flexibility index (Phi) is 3.40. The Morgan fingerprint density at radius 1 is 1.00 bits per heavy atom. The van der Waals surface area contributed by atoms with Crippen LogP contribution in [0.4, 0.5) is 0 Å². The molecule has 4 heteroatoms. The summed E-state index contributed by atoms with van der Waals surface area (Å²) in [7, 11) is 0. The summed E-state index contributed by atoms with van der Waals surface area (Å²) in [5.74, 6) is 0. The Bertz CT molecular complexity index is 828. The fourth-order valence-electron chi connectivity index (χ4n) is 2.29. The van der Waals surface area contributed by atoms with Crippen LogP contribution >= 0.6 is 23.2 Å². The van der Waals surface area contributed by atoms with Gasteiger partial charge >= 0.3 is 0 Å². The van der Waals surface area contributed by atoms with Crippen molar-refractivity contribution in [1.82, 2.24) is 4.57 Å². The van der Waals surface area contributed by atoms with Gasteiger partial charge in [-0.25, -0.2) is 0 Å².